The van der Waals surface area contributed by atoms with E-state index < -0.39 is 0 Å². The molecule has 0 aromatic heterocycles. The van der Waals surface area contributed by atoms with Gasteiger partial charge in [0, 0.05) is 19.2 Å². The van der Waals surface area contributed by atoms with E-state index in [0.29, 0.717) is 0 Å². The number of nitrogens with one attached hydrogen (secondary N) is 2. The third-order valence-electron chi connectivity index (χ3n) is 3.09. The molecule has 0 bridgehead atoms. The van der Waals surface area contributed by atoms with E-state index >= 15 is 0 Å². The lowest BCUT2D eigenvalue weighted by molar-refractivity contribution is -0.124. The second-order valence-corrected chi connectivity index (χ2v) is 4.78. The van der Waals surface area contributed by atoms with Crippen LogP contribution >= 0.6 is 0 Å². The predicted octanol–water partition coefficient (Wildman–Crippen LogP) is 0.668. The van der Waals surface area contributed by atoms with Crippen LogP contribution in [0.2, 0.25) is 0 Å². The van der Waals surface area contributed by atoms with Gasteiger partial charge < -0.3 is 15.4 Å². The summed E-state index contributed by atoms with van der Waals surface area (Å²) in [6, 6.07) is -0.0965. The lowest BCUT2D eigenvalue weighted by Crippen LogP contribution is -2.50. The molecule has 2 unspecified atom stereocenters. The van der Waals surface area contributed by atoms with Crippen molar-refractivity contribution in [2.45, 2.75) is 51.3 Å². The Morgan fingerprint density at radius 3 is 2.73 bits per heavy atom. The smallest absolute Gasteiger partial charge is 0.237 e. The van der Waals surface area contributed by atoms with Crippen LogP contribution in [0.5, 0.6) is 0 Å². The van der Waals surface area contributed by atoms with Gasteiger partial charge in [-0.2, -0.15) is 0 Å². The van der Waals surface area contributed by atoms with Crippen molar-refractivity contribution in [3.8, 4) is 0 Å². The molecule has 0 aromatic rings. The van der Waals surface area contributed by atoms with Gasteiger partial charge >= 0.3 is 0 Å². The largest absolute Gasteiger partial charge is 0.380 e. The van der Waals surface area contributed by atoms with Crippen molar-refractivity contribution in [3.63, 3.8) is 0 Å². The van der Waals surface area contributed by atoms with Crippen LogP contribution in [-0.2, 0) is 9.53 Å². The van der Waals surface area contributed by atoms with Gasteiger partial charge in [0.05, 0.1) is 12.1 Å². The van der Waals surface area contributed by atoms with E-state index in [1.165, 1.54) is 0 Å². The minimum atomic E-state index is -0.121. The SMILES string of the molecule is CCC(C)(C)NC(=O)C1CC(OC)CN1. The van der Waals surface area contributed by atoms with E-state index in [-0.39, 0.29) is 23.6 Å². The number of amides is 1. The quantitative estimate of drug-likeness (QED) is 0.723. The Labute approximate surface area is 91.8 Å². The molecule has 0 spiro atoms. The summed E-state index contributed by atoms with van der Waals surface area (Å²) in [5.41, 5.74) is -0.121. The Balaban J connectivity index is 2.42. The maximum Gasteiger partial charge on any atom is 0.237 e. The molecule has 2 N–H and O–H groups in total. The third kappa shape index (κ3) is 3.47. The number of hydrogen-bond donors (Lipinski definition) is 2. The molecule has 2 atom stereocenters. The highest BCUT2D eigenvalue weighted by molar-refractivity contribution is 5.82. The van der Waals surface area contributed by atoms with Crippen molar-refractivity contribution in [3.05, 3.63) is 0 Å². The fourth-order valence-corrected chi connectivity index (χ4v) is 1.59. The molecule has 15 heavy (non-hydrogen) atoms. The molecule has 0 radical (unpaired) electrons. The van der Waals surface area contributed by atoms with Crippen molar-refractivity contribution in [2.75, 3.05) is 13.7 Å². The lowest BCUT2D eigenvalue weighted by Gasteiger charge is -2.26. The molecule has 1 amide bonds. The van der Waals surface area contributed by atoms with Gasteiger partial charge in [0.15, 0.2) is 0 Å². The van der Waals surface area contributed by atoms with E-state index in [2.05, 4.69) is 17.6 Å². The van der Waals surface area contributed by atoms with Crippen molar-refractivity contribution >= 4 is 5.91 Å². The van der Waals surface area contributed by atoms with Crippen LogP contribution in [0.15, 0.2) is 0 Å². The summed E-state index contributed by atoms with van der Waals surface area (Å²) in [4.78, 5) is 11.9. The topological polar surface area (TPSA) is 50.4 Å². The molecule has 88 valence electrons. The van der Waals surface area contributed by atoms with E-state index in [0.717, 1.165) is 19.4 Å². The first-order valence-corrected chi connectivity index (χ1v) is 5.56. The second kappa shape index (κ2) is 4.94. The number of carbonyl (C=O) groups excluding carboxylic acids is 1. The predicted molar refractivity (Wildman–Crippen MR) is 59.7 cm³/mol. The Morgan fingerprint density at radius 2 is 2.27 bits per heavy atom. The Kier molecular flexibility index (Phi) is 4.11. The van der Waals surface area contributed by atoms with Gasteiger partial charge in [0.2, 0.25) is 5.91 Å². The fourth-order valence-electron chi connectivity index (χ4n) is 1.59. The first kappa shape index (κ1) is 12.5. The normalized spacial score (nSPS) is 26.7. The van der Waals surface area contributed by atoms with Crippen LogP contribution in [0, 0.1) is 0 Å². The molecule has 1 aliphatic rings. The Bertz CT molecular complexity index is 229. The minimum Gasteiger partial charge on any atom is -0.380 e. The summed E-state index contributed by atoms with van der Waals surface area (Å²) in [5.74, 6) is 0.0846. The van der Waals surface area contributed by atoms with E-state index in [4.69, 9.17) is 4.74 Å². The average molecular weight is 214 g/mol. The first-order chi connectivity index (χ1) is 6.98. The molecule has 1 fully saturated rings. The number of hydrogen-bond acceptors (Lipinski definition) is 3. The molecule has 4 nitrogen and oxygen atoms in total. The summed E-state index contributed by atoms with van der Waals surface area (Å²) in [7, 11) is 1.68. The van der Waals surface area contributed by atoms with Crippen LogP contribution in [0.4, 0.5) is 0 Å². The van der Waals surface area contributed by atoms with Gasteiger partial charge in [-0.1, -0.05) is 6.92 Å². The summed E-state index contributed by atoms with van der Waals surface area (Å²) in [5, 5.41) is 6.20. The van der Waals surface area contributed by atoms with Crippen LogP contribution < -0.4 is 10.6 Å². The molecule has 1 aliphatic heterocycles. The number of rotatable bonds is 4. The van der Waals surface area contributed by atoms with Crippen molar-refractivity contribution < 1.29 is 9.53 Å². The molecule has 0 saturated carbocycles. The molecule has 0 aromatic carbocycles. The Hall–Kier alpha value is -0.610. The standard InChI is InChI=1S/C11H22N2O2/c1-5-11(2,3)13-10(14)9-6-8(15-4)7-12-9/h8-9,12H,5-7H2,1-4H3,(H,13,14). The maximum atomic E-state index is 11.9. The zero-order chi connectivity index (χ0) is 11.5. The monoisotopic (exact) mass is 214 g/mol. The molecule has 1 heterocycles. The molecule has 1 rings (SSSR count). The number of ether oxygens (including phenoxy) is 1. The van der Waals surface area contributed by atoms with Gasteiger partial charge in [-0.25, -0.2) is 0 Å². The zero-order valence-corrected chi connectivity index (χ0v) is 10.1. The van der Waals surface area contributed by atoms with Gasteiger partial charge in [-0.05, 0) is 26.7 Å². The highest BCUT2D eigenvalue weighted by Crippen LogP contribution is 2.12. The number of methoxy groups -OCH3 is 1. The summed E-state index contributed by atoms with van der Waals surface area (Å²) >= 11 is 0. The van der Waals surface area contributed by atoms with Gasteiger partial charge in [0.1, 0.15) is 0 Å². The van der Waals surface area contributed by atoms with Crippen molar-refractivity contribution in [2.24, 2.45) is 0 Å². The highest BCUT2D eigenvalue weighted by Gasteiger charge is 2.31. The van der Waals surface area contributed by atoms with Crippen molar-refractivity contribution in [1.82, 2.24) is 10.6 Å². The molecular formula is C11H22N2O2. The van der Waals surface area contributed by atoms with Gasteiger partial charge in [-0.15, -0.1) is 0 Å². The summed E-state index contributed by atoms with van der Waals surface area (Å²) in [6.07, 6.45) is 1.87. The average Bonchev–Trinajstić information content (AvgIpc) is 2.65. The summed E-state index contributed by atoms with van der Waals surface area (Å²) in [6.45, 7) is 6.91. The third-order valence-corrected chi connectivity index (χ3v) is 3.09. The first-order valence-electron chi connectivity index (χ1n) is 5.56. The van der Waals surface area contributed by atoms with Crippen LogP contribution in [-0.4, -0.2) is 37.2 Å². The van der Waals surface area contributed by atoms with Crippen LogP contribution in [0.3, 0.4) is 0 Å². The van der Waals surface area contributed by atoms with Crippen molar-refractivity contribution in [1.29, 1.82) is 0 Å². The molecular weight excluding hydrogens is 192 g/mol. The molecule has 0 aliphatic carbocycles. The number of carbonyl (C=O) groups is 1. The fraction of sp³-hybridized carbons (Fsp3) is 0.909. The highest BCUT2D eigenvalue weighted by atomic mass is 16.5. The van der Waals surface area contributed by atoms with Gasteiger partial charge in [-0.3, -0.25) is 4.79 Å². The van der Waals surface area contributed by atoms with E-state index in [1.807, 2.05) is 13.8 Å². The van der Waals surface area contributed by atoms with Gasteiger partial charge in [0.25, 0.3) is 0 Å². The lowest BCUT2D eigenvalue weighted by atomic mass is 10.0. The van der Waals surface area contributed by atoms with E-state index in [1.54, 1.807) is 7.11 Å². The zero-order valence-electron chi connectivity index (χ0n) is 10.1. The molecule has 1 saturated heterocycles. The summed E-state index contributed by atoms with van der Waals surface area (Å²) < 4.78 is 5.21. The molecule has 4 heteroatoms. The van der Waals surface area contributed by atoms with Crippen LogP contribution in [0.25, 0.3) is 0 Å². The minimum absolute atomic E-state index is 0.0846. The maximum absolute atomic E-state index is 11.9. The van der Waals surface area contributed by atoms with E-state index in [9.17, 15) is 4.79 Å². The second-order valence-electron chi connectivity index (χ2n) is 4.78. The van der Waals surface area contributed by atoms with Crippen LogP contribution in [0.1, 0.15) is 33.6 Å². The Morgan fingerprint density at radius 1 is 1.60 bits per heavy atom.